The van der Waals surface area contributed by atoms with Gasteiger partial charge in [-0.3, -0.25) is 9.59 Å². The van der Waals surface area contributed by atoms with E-state index >= 15 is 0 Å². The smallest absolute Gasteiger partial charge is 0.257 e. The van der Waals surface area contributed by atoms with E-state index in [1.165, 1.54) is 30.1 Å². The molecule has 5 heteroatoms. The number of benzene rings is 1. The van der Waals surface area contributed by atoms with Crippen LogP contribution in [0, 0.1) is 5.82 Å². The molecular weight excluding hydrogens is 247 g/mol. The lowest BCUT2D eigenvalue weighted by Crippen LogP contribution is -2.40. The summed E-state index contributed by atoms with van der Waals surface area (Å²) in [6.45, 7) is 1.49. The van der Waals surface area contributed by atoms with Gasteiger partial charge in [-0.1, -0.05) is 12.1 Å². The van der Waals surface area contributed by atoms with E-state index in [0.717, 1.165) is 25.9 Å². The van der Waals surface area contributed by atoms with E-state index in [4.69, 9.17) is 0 Å². The normalized spacial score (nSPS) is 14.5. The van der Waals surface area contributed by atoms with Crippen molar-refractivity contribution in [3.05, 3.63) is 35.6 Å². The lowest BCUT2D eigenvalue weighted by atomic mass is 10.2. The first-order chi connectivity index (χ1) is 9.09. The van der Waals surface area contributed by atoms with Gasteiger partial charge in [0.25, 0.3) is 5.91 Å². The molecule has 0 unspecified atom stereocenters. The Bertz CT molecular complexity index is 484. The van der Waals surface area contributed by atoms with Gasteiger partial charge in [0.2, 0.25) is 5.91 Å². The Morgan fingerprint density at radius 2 is 1.89 bits per heavy atom. The molecule has 102 valence electrons. The topological polar surface area (TPSA) is 40.6 Å². The van der Waals surface area contributed by atoms with E-state index in [0.29, 0.717) is 0 Å². The zero-order valence-electron chi connectivity index (χ0n) is 10.9. The van der Waals surface area contributed by atoms with Gasteiger partial charge < -0.3 is 9.80 Å². The average Bonchev–Trinajstić information content (AvgIpc) is 2.92. The minimum atomic E-state index is -0.562. The SMILES string of the molecule is CN(CC(=O)N1CCCC1)C(=O)c1ccccc1F. The van der Waals surface area contributed by atoms with Gasteiger partial charge in [0, 0.05) is 20.1 Å². The second kappa shape index (κ2) is 5.82. The van der Waals surface area contributed by atoms with Crippen LogP contribution in [0.15, 0.2) is 24.3 Å². The second-order valence-corrected chi connectivity index (χ2v) is 4.73. The fourth-order valence-electron chi connectivity index (χ4n) is 2.18. The van der Waals surface area contributed by atoms with Crippen molar-refractivity contribution in [1.29, 1.82) is 0 Å². The first-order valence-electron chi connectivity index (χ1n) is 6.37. The van der Waals surface area contributed by atoms with Crippen molar-refractivity contribution in [2.24, 2.45) is 0 Å². The summed E-state index contributed by atoms with van der Waals surface area (Å²) in [6.07, 6.45) is 2.02. The van der Waals surface area contributed by atoms with Crippen molar-refractivity contribution in [1.82, 2.24) is 9.80 Å². The van der Waals surface area contributed by atoms with Gasteiger partial charge >= 0.3 is 0 Å². The Morgan fingerprint density at radius 1 is 1.26 bits per heavy atom. The molecular formula is C14H17FN2O2. The summed E-state index contributed by atoms with van der Waals surface area (Å²) in [5, 5.41) is 0. The van der Waals surface area contributed by atoms with Crippen LogP contribution in [-0.2, 0) is 4.79 Å². The Balaban J connectivity index is 1.99. The molecule has 0 aromatic heterocycles. The zero-order valence-corrected chi connectivity index (χ0v) is 10.9. The molecule has 0 saturated carbocycles. The van der Waals surface area contributed by atoms with E-state index in [9.17, 15) is 14.0 Å². The van der Waals surface area contributed by atoms with Crippen molar-refractivity contribution in [3.63, 3.8) is 0 Å². The molecule has 0 atom stereocenters. The lowest BCUT2D eigenvalue weighted by Gasteiger charge is -2.21. The summed E-state index contributed by atoms with van der Waals surface area (Å²) < 4.78 is 13.5. The third-order valence-corrected chi connectivity index (χ3v) is 3.28. The number of halogens is 1. The molecule has 0 spiro atoms. The minimum Gasteiger partial charge on any atom is -0.341 e. The average molecular weight is 264 g/mol. The monoisotopic (exact) mass is 264 g/mol. The summed E-state index contributed by atoms with van der Waals surface area (Å²) in [6, 6.07) is 5.80. The summed E-state index contributed by atoms with van der Waals surface area (Å²) in [5.41, 5.74) is -0.000720. The Hall–Kier alpha value is -1.91. The maximum atomic E-state index is 13.5. The van der Waals surface area contributed by atoms with Crippen molar-refractivity contribution < 1.29 is 14.0 Å². The highest BCUT2D eigenvalue weighted by Gasteiger charge is 2.22. The van der Waals surface area contributed by atoms with E-state index < -0.39 is 11.7 Å². The Kier molecular flexibility index (Phi) is 4.14. The molecule has 1 aromatic rings. The van der Waals surface area contributed by atoms with Crippen LogP contribution in [0.4, 0.5) is 4.39 Å². The molecule has 1 aromatic carbocycles. The number of likely N-dealkylation sites (tertiary alicyclic amines) is 1. The molecule has 1 aliphatic rings. The van der Waals surface area contributed by atoms with Gasteiger partial charge in [-0.2, -0.15) is 0 Å². The fraction of sp³-hybridized carbons (Fsp3) is 0.429. The molecule has 0 aliphatic carbocycles. The summed E-state index contributed by atoms with van der Waals surface area (Å²) in [5.74, 6) is -1.11. The molecule has 1 aliphatic heterocycles. The summed E-state index contributed by atoms with van der Waals surface area (Å²) >= 11 is 0. The molecule has 0 N–H and O–H groups in total. The fourth-order valence-corrected chi connectivity index (χ4v) is 2.18. The molecule has 1 fully saturated rings. The predicted molar refractivity (Wildman–Crippen MR) is 69.2 cm³/mol. The Morgan fingerprint density at radius 3 is 2.53 bits per heavy atom. The number of likely N-dealkylation sites (N-methyl/N-ethyl adjacent to an activating group) is 1. The van der Waals surface area contributed by atoms with Crippen LogP contribution in [0.5, 0.6) is 0 Å². The van der Waals surface area contributed by atoms with Crippen LogP contribution in [0.25, 0.3) is 0 Å². The van der Waals surface area contributed by atoms with Gasteiger partial charge in [0.1, 0.15) is 5.82 Å². The van der Waals surface area contributed by atoms with Crippen molar-refractivity contribution in [2.75, 3.05) is 26.7 Å². The number of amides is 2. The summed E-state index contributed by atoms with van der Waals surface area (Å²) in [7, 11) is 1.52. The van der Waals surface area contributed by atoms with Crippen LogP contribution in [-0.4, -0.2) is 48.3 Å². The highest BCUT2D eigenvalue weighted by atomic mass is 19.1. The van der Waals surface area contributed by atoms with Gasteiger partial charge in [0.05, 0.1) is 12.1 Å². The third-order valence-electron chi connectivity index (χ3n) is 3.28. The largest absolute Gasteiger partial charge is 0.341 e. The van der Waals surface area contributed by atoms with Crippen molar-refractivity contribution in [2.45, 2.75) is 12.8 Å². The number of carbonyl (C=O) groups is 2. The van der Waals surface area contributed by atoms with Crippen LogP contribution < -0.4 is 0 Å². The van der Waals surface area contributed by atoms with Gasteiger partial charge in [-0.25, -0.2) is 4.39 Å². The maximum absolute atomic E-state index is 13.5. The number of nitrogens with zero attached hydrogens (tertiary/aromatic N) is 2. The standard InChI is InChI=1S/C14H17FN2O2/c1-16(10-13(18)17-8-4-5-9-17)14(19)11-6-2-3-7-12(11)15/h2-3,6-7H,4-5,8-10H2,1H3. The molecule has 4 nitrogen and oxygen atoms in total. The van der Waals surface area contributed by atoms with E-state index in [1.807, 2.05) is 0 Å². The highest BCUT2D eigenvalue weighted by Crippen LogP contribution is 2.11. The van der Waals surface area contributed by atoms with Gasteiger partial charge in [-0.05, 0) is 25.0 Å². The number of hydrogen-bond donors (Lipinski definition) is 0. The third kappa shape index (κ3) is 3.10. The maximum Gasteiger partial charge on any atom is 0.257 e. The predicted octanol–water partition coefficient (Wildman–Crippen LogP) is 1.52. The van der Waals surface area contributed by atoms with Gasteiger partial charge in [0.15, 0.2) is 0 Å². The molecule has 0 bridgehead atoms. The molecule has 2 rings (SSSR count). The summed E-state index contributed by atoms with van der Waals surface area (Å²) in [4.78, 5) is 26.9. The van der Waals surface area contributed by atoms with Crippen LogP contribution in [0.2, 0.25) is 0 Å². The molecule has 0 radical (unpaired) electrons. The zero-order chi connectivity index (χ0) is 13.8. The number of rotatable bonds is 3. The van der Waals surface area contributed by atoms with Crippen molar-refractivity contribution in [3.8, 4) is 0 Å². The lowest BCUT2D eigenvalue weighted by molar-refractivity contribution is -0.130. The number of carbonyl (C=O) groups excluding carboxylic acids is 2. The Labute approximate surface area is 111 Å². The van der Waals surface area contributed by atoms with Crippen LogP contribution >= 0.6 is 0 Å². The van der Waals surface area contributed by atoms with Crippen molar-refractivity contribution >= 4 is 11.8 Å². The van der Waals surface area contributed by atoms with Crippen LogP contribution in [0.1, 0.15) is 23.2 Å². The van der Waals surface area contributed by atoms with E-state index in [-0.39, 0.29) is 18.0 Å². The molecule has 2 amide bonds. The first kappa shape index (κ1) is 13.5. The molecule has 1 saturated heterocycles. The molecule has 19 heavy (non-hydrogen) atoms. The molecule has 1 heterocycles. The van der Waals surface area contributed by atoms with Gasteiger partial charge in [-0.15, -0.1) is 0 Å². The highest BCUT2D eigenvalue weighted by molar-refractivity contribution is 5.96. The minimum absolute atomic E-state index is 0.000720. The van der Waals surface area contributed by atoms with E-state index in [1.54, 1.807) is 11.0 Å². The quantitative estimate of drug-likeness (QED) is 0.830. The first-order valence-corrected chi connectivity index (χ1v) is 6.37. The van der Waals surface area contributed by atoms with Crippen LogP contribution in [0.3, 0.4) is 0 Å². The van der Waals surface area contributed by atoms with E-state index in [2.05, 4.69) is 0 Å². The number of hydrogen-bond acceptors (Lipinski definition) is 2. The second-order valence-electron chi connectivity index (χ2n) is 4.73.